The van der Waals surface area contributed by atoms with Crippen LogP contribution in [0.5, 0.6) is 0 Å². The van der Waals surface area contributed by atoms with Gasteiger partial charge in [0.2, 0.25) is 0 Å². The van der Waals surface area contributed by atoms with Gasteiger partial charge in [0.15, 0.2) is 0 Å². The maximum absolute atomic E-state index is 4.63. The zero-order valence-electron chi connectivity index (χ0n) is 12.6. The third-order valence-electron chi connectivity index (χ3n) is 3.24. The fourth-order valence-electron chi connectivity index (χ4n) is 2.14. The normalized spacial score (nSPS) is 11.1. The summed E-state index contributed by atoms with van der Waals surface area (Å²) in [7, 11) is 0. The molecule has 0 saturated heterocycles. The molecular formula is C16H22N4. The molecule has 0 fully saturated rings. The van der Waals surface area contributed by atoms with E-state index in [0.717, 1.165) is 35.7 Å². The predicted molar refractivity (Wildman–Crippen MR) is 80.5 cm³/mol. The lowest BCUT2D eigenvalue weighted by atomic mass is 10.1. The van der Waals surface area contributed by atoms with Gasteiger partial charge >= 0.3 is 0 Å². The van der Waals surface area contributed by atoms with Crippen molar-refractivity contribution in [3.8, 4) is 0 Å². The van der Waals surface area contributed by atoms with E-state index in [-0.39, 0.29) is 0 Å². The minimum absolute atomic E-state index is 0.462. The lowest BCUT2D eigenvalue weighted by Crippen LogP contribution is -2.23. The van der Waals surface area contributed by atoms with Crippen LogP contribution in [-0.2, 0) is 13.0 Å². The van der Waals surface area contributed by atoms with Crippen LogP contribution in [0.2, 0.25) is 0 Å². The Morgan fingerprint density at radius 1 is 1.15 bits per heavy atom. The number of rotatable bonds is 5. The van der Waals surface area contributed by atoms with Gasteiger partial charge in [-0.1, -0.05) is 19.9 Å². The fraction of sp³-hybridized carbons (Fsp3) is 0.438. The summed E-state index contributed by atoms with van der Waals surface area (Å²) >= 11 is 0. The van der Waals surface area contributed by atoms with Crippen LogP contribution in [0.3, 0.4) is 0 Å². The first kappa shape index (κ1) is 14.6. The van der Waals surface area contributed by atoms with Gasteiger partial charge in [-0.2, -0.15) is 0 Å². The molecule has 0 radical (unpaired) electrons. The zero-order chi connectivity index (χ0) is 14.5. The van der Waals surface area contributed by atoms with E-state index in [4.69, 9.17) is 0 Å². The summed E-state index contributed by atoms with van der Waals surface area (Å²) in [4.78, 5) is 13.4. The van der Waals surface area contributed by atoms with E-state index in [1.54, 1.807) is 6.20 Å². The summed E-state index contributed by atoms with van der Waals surface area (Å²) < 4.78 is 0. The highest BCUT2D eigenvalue weighted by atomic mass is 14.9. The molecule has 0 aliphatic carbocycles. The average Bonchev–Trinajstić information content (AvgIpc) is 2.38. The van der Waals surface area contributed by atoms with Gasteiger partial charge in [-0.3, -0.25) is 4.98 Å². The summed E-state index contributed by atoms with van der Waals surface area (Å²) in [5, 5.41) is 3.42. The molecule has 0 atom stereocenters. The Hall–Kier alpha value is -1.81. The first-order valence-corrected chi connectivity index (χ1v) is 7.01. The summed E-state index contributed by atoms with van der Waals surface area (Å²) in [5.74, 6) is 0.862. The van der Waals surface area contributed by atoms with Gasteiger partial charge in [-0.05, 0) is 25.5 Å². The molecule has 0 amide bonds. The number of hydrogen-bond donors (Lipinski definition) is 1. The average molecular weight is 270 g/mol. The molecule has 2 aromatic heterocycles. The topological polar surface area (TPSA) is 50.7 Å². The van der Waals surface area contributed by atoms with Crippen LogP contribution in [0.4, 0.5) is 0 Å². The van der Waals surface area contributed by atoms with Gasteiger partial charge in [0.05, 0.1) is 0 Å². The van der Waals surface area contributed by atoms with Crippen molar-refractivity contribution in [2.24, 2.45) is 0 Å². The summed E-state index contributed by atoms with van der Waals surface area (Å²) in [6, 6.07) is 4.45. The van der Waals surface area contributed by atoms with Crippen molar-refractivity contribution in [2.75, 3.05) is 0 Å². The van der Waals surface area contributed by atoms with Crippen LogP contribution in [0.15, 0.2) is 24.5 Å². The predicted octanol–water partition coefficient (Wildman–Crippen LogP) is 2.58. The molecule has 2 heterocycles. The van der Waals surface area contributed by atoms with Crippen LogP contribution in [0.1, 0.15) is 42.2 Å². The SMILES string of the molecule is Cc1nc(Cc2cccnc2)nc(C)c1CNC(C)C. The Morgan fingerprint density at radius 2 is 1.85 bits per heavy atom. The molecule has 2 rings (SSSR count). The minimum Gasteiger partial charge on any atom is -0.310 e. The van der Waals surface area contributed by atoms with Crippen molar-refractivity contribution < 1.29 is 0 Å². The van der Waals surface area contributed by atoms with Gasteiger partial charge in [0.1, 0.15) is 5.82 Å². The van der Waals surface area contributed by atoms with E-state index in [1.807, 2.05) is 12.3 Å². The standard InChI is InChI=1S/C16H22N4/c1-11(2)18-10-15-12(3)19-16(20-13(15)4)8-14-6-5-7-17-9-14/h5-7,9,11,18H,8,10H2,1-4H3. The molecule has 0 aliphatic rings. The van der Waals surface area contributed by atoms with Crippen molar-refractivity contribution in [3.05, 3.63) is 52.9 Å². The largest absolute Gasteiger partial charge is 0.310 e. The Bertz CT molecular complexity index is 541. The van der Waals surface area contributed by atoms with Crippen molar-refractivity contribution in [3.63, 3.8) is 0 Å². The van der Waals surface area contributed by atoms with Gasteiger partial charge in [-0.25, -0.2) is 9.97 Å². The fourth-order valence-corrected chi connectivity index (χ4v) is 2.14. The third kappa shape index (κ3) is 3.84. The highest BCUT2D eigenvalue weighted by Gasteiger charge is 2.09. The molecule has 4 nitrogen and oxygen atoms in total. The smallest absolute Gasteiger partial charge is 0.133 e. The Labute approximate surface area is 120 Å². The van der Waals surface area contributed by atoms with Gasteiger partial charge in [0.25, 0.3) is 0 Å². The molecular weight excluding hydrogens is 248 g/mol. The molecule has 1 N–H and O–H groups in total. The quantitative estimate of drug-likeness (QED) is 0.907. The van der Waals surface area contributed by atoms with Crippen LogP contribution in [0.25, 0.3) is 0 Å². The molecule has 0 unspecified atom stereocenters. The molecule has 0 spiro atoms. The second-order valence-corrected chi connectivity index (χ2v) is 5.36. The van der Waals surface area contributed by atoms with Gasteiger partial charge < -0.3 is 5.32 Å². The summed E-state index contributed by atoms with van der Waals surface area (Å²) in [6.45, 7) is 9.21. The van der Waals surface area contributed by atoms with Crippen LogP contribution in [0, 0.1) is 13.8 Å². The molecule has 0 aliphatic heterocycles. The molecule has 0 bridgehead atoms. The van der Waals surface area contributed by atoms with E-state index in [1.165, 1.54) is 5.56 Å². The van der Waals surface area contributed by atoms with E-state index >= 15 is 0 Å². The lowest BCUT2D eigenvalue weighted by molar-refractivity contribution is 0.582. The van der Waals surface area contributed by atoms with Crippen LogP contribution in [-0.4, -0.2) is 21.0 Å². The Kier molecular flexibility index (Phi) is 4.79. The van der Waals surface area contributed by atoms with E-state index in [9.17, 15) is 0 Å². The highest BCUT2D eigenvalue weighted by molar-refractivity contribution is 5.26. The molecule has 0 aromatic carbocycles. The van der Waals surface area contributed by atoms with E-state index in [0.29, 0.717) is 6.04 Å². The number of nitrogens with one attached hydrogen (secondary N) is 1. The monoisotopic (exact) mass is 270 g/mol. The lowest BCUT2D eigenvalue weighted by Gasteiger charge is -2.13. The first-order valence-electron chi connectivity index (χ1n) is 7.01. The number of nitrogens with zero attached hydrogens (tertiary/aromatic N) is 3. The van der Waals surface area contributed by atoms with Crippen LogP contribution >= 0.6 is 0 Å². The van der Waals surface area contributed by atoms with E-state index < -0.39 is 0 Å². The number of pyridine rings is 1. The number of hydrogen-bond acceptors (Lipinski definition) is 4. The van der Waals surface area contributed by atoms with Gasteiger partial charge in [0, 0.05) is 48.4 Å². The summed E-state index contributed by atoms with van der Waals surface area (Å²) in [5.41, 5.74) is 4.46. The van der Waals surface area contributed by atoms with Crippen molar-refractivity contribution in [1.29, 1.82) is 0 Å². The van der Waals surface area contributed by atoms with Crippen molar-refractivity contribution >= 4 is 0 Å². The summed E-state index contributed by atoms with van der Waals surface area (Å²) in [6.07, 6.45) is 4.37. The minimum atomic E-state index is 0.462. The van der Waals surface area contributed by atoms with E-state index in [2.05, 4.69) is 54.0 Å². The van der Waals surface area contributed by atoms with Crippen molar-refractivity contribution in [1.82, 2.24) is 20.3 Å². The van der Waals surface area contributed by atoms with Crippen molar-refractivity contribution in [2.45, 2.75) is 46.7 Å². The number of aromatic nitrogens is 3. The second kappa shape index (κ2) is 6.57. The maximum atomic E-state index is 4.63. The second-order valence-electron chi connectivity index (χ2n) is 5.36. The Balaban J connectivity index is 2.17. The molecule has 4 heteroatoms. The molecule has 20 heavy (non-hydrogen) atoms. The maximum Gasteiger partial charge on any atom is 0.133 e. The van der Waals surface area contributed by atoms with Gasteiger partial charge in [-0.15, -0.1) is 0 Å². The first-order chi connectivity index (χ1) is 9.56. The highest BCUT2D eigenvalue weighted by Crippen LogP contribution is 2.12. The molecule has 0 saturated carbocycles. The van der Waals surface area contributed by atoms with Crippen LogP contribution < -0.4 is 5.32 Å². The third-order valence-corrected chi connectivity index (χ3v) is 3.24. The molecule has 2 aromatic rings. The Morgan fingerprint density at radius 3 is 2.40 bits per heavy atom. The molecule has 106 valence electrons. The number of aryl methyl sites for hydroxylation is 2. The zero-order valence-corrected chi connectivity index (χ0v) is 12.6.